The molecule has 1 aliphatic carbocycles. The molecular weight excluding hydrogens is 424 g/mol. The Kier molecular flexibility index (Phi) is 7.72. The van der Waals surface area contributed by atoms with Crippen molar-refractivity contribution < 1.29 is 17.6 Å². The average molecular weight is 457 g/mol. The van der Waals surface area contributed by atoms with Gasteiger partial charge in [0.05, 0.1) is 0 Å². The molecule has 4 rings (SSSR count). The van der Waals surface area contributed by atoms with Crippen LogP contribution in [0.4, 0.5) is 17.6 Å². The van der Waals surface area contributed by atoms with Gasteiger partial charge in [-0.15, -0.1) is 0 Å². The van der Waals surface area contributed by atoms with E-state index in [1.165, 1.54) is 49.9 Å². The van der Waals surface area contributed by atoms with E-state index in [0.29, 0.717) is 11.8 Å². The number of fused-ring (bicyclic) bond motifs is 1. The fraction of sp³-hybridized carbons (Fsp3) is 0.448. The second kappa shape index (κ2) is 10.7. The first-order chi connectivity index (χ1) is 16.0. The highest BCUT2D eigenvalue weighted by Gasteiger charge is 2.24. The van der Waals surface area contributed by atoms with Crippen LogP contribution in [0.25, 0.3) is 10.8 Å². The molecule has 0 bridgehead atoms. The number of halogens is 4. The van der Waals surface area contributed by atoms with Crippen LogP contribution in [-0.4, -0.2) is 0 Å². The Balaban J connectivity index is 1.40. The van der Waals surface area contributed by atoms with E-state index >= 15 is 0 Å². The quantitative estimate of drug-likeness (QED) is 0.234. The van der Waals surface area contributed by atoms with E-state index in [1.54, 1.807) is 12.1 Å². The number of unbranched alkanes of at least 4 members (excludes halogenated alkanes) is 2. The Morgan fingerprint density at radius 2 is 1.48 bits per heavy atom. The fourth-order valence-electron chi connectivity index (χ4n) is 5.30. The van der Waals surface area contributed by atoms with E-state index in [2.05, 4.69) is 6.92 Å². The lowest BCUT2D eigenvalue weighted by atomic mass is 9.77. The second-order valence-electron chi connectivity index (χ2n) is 9.59. The van der Waals surface area contributed by atoms with E-state index in [1.807, 2.05) is 0 Å². The van der Waals surface area contributed by atoms with Crippen molar-refractivity contribution in [1.82, 2.24) is 0 Å². The predicted molar refractivity (Wildman–Crippen MR) is 126 cm³/mol. The summed E-state index contributed by atoms with van der Waals surface area (Å²) < 4.78 is 57.0. The molecule has 0 radical (unpaired) electrons. The standard InChI is InChI=1S/C29H32F4/c1-2-3-4-5-19-6-10-21(11-7-19)23-17-27(31)25(28(32)18-23)14-9-20-8-13-24-22(16-20)12-15-26(30)29(24)33/h8,12-13,15-19,21H,2-7,9-11,14H2,1H3/t19-,21-. The van der Waals surface area contributed by atoms with Gasteiger partial charge < -0.3 is 0 Å². The van der Waals surface area contributed by atoms with E-state index in [-0.39, 0.29) is 23.3 Å². The summed E-state index contributed by atoms with van der Waals surface area (Å²) in [5, 5.41) is 0.786. The number of hydrogen-bond acceptors (Lipinski definition) is 0. The largest absolute Gasteiger partial charge is 0.207 e. The molecule has 33 heavy (non-hydrogen) atoms. The van der Waals surface area contributed by atoms with Gasteiger partial charge in [0, 0.05) is 10.9 Å². The van der Waals surface area contributed by atoms with Crippen molar-refractivity contribution in [2.45, 2.75) is 77.0 Å². The number of hydrogen-bond donors (Lipinski definition) is 0. The topological polar surface area (TPSA) is 0 Å². The van der Waals surface area contributed by atoms with Gasteiger partial charge in [0.15, 0.2) is 11.6 Å². The zero-order valence-corrected chi connectivity index (χ0v) is 19.3. The molecule has 3 aromatic carbocycles. The molecule has 0 nitrogen and oxygen atoms in total. The molecule has 1 fully saturated rings. The Morgan fingerprint density at radius 1 is 0.758 bits per heavy atom. The summed E-state index contributed by atoms with van der Waals surface area (Å²) in [6.45, 7) is 2.22. The van der Waals surface area contributed by atoms with Gasteiger partial charge in [0.1, 0.15) is 11.6 Å². The SMILES string of the molecule is CCCCC[C@H]1CC[C@H](c2cc(F)c(CCc3ccc4c(F)c(F)ccc4c3)c(F)c2)CC1. The van der Waals surface area contributed by atoms with Gasteiger partial charge in [0.2, 0.25) is 0 Å². The third-order valence-corrected chi connectivity index (χ3v) is 7.33. The molecular formula is C29H32F4. The molecule has 1 aliphatic rings. The van der Waals surface area contributed by atoms with Crippen LogP contribution in [0.2, 0.25) is 0 Å². The molecule has 0 unspecified atom stereocenters. The lowest BCUT2D eigenvalue weighted by Crippen LogP contribution is -2.14. The number of rotatable bonds is 8. The van der Waals surface area contributed by atoms with Crippen molar-refractivity contribution in [1.29, 1.82) is 0 Å². The number of benzene rings is 3. The molecule has 0 spiro atoms. The fourth-order valence-corrected chi connectivity index (χ4v) is 5.30. The molecule has 0 atom stereocenters. The molecule has 0 heterocycles. The summed E-state index contributed by atoms with van der Waals surface area (Å²) in [5.74, 6) is -1.73. The van der Waals surface area contributed by atoms with Gasteiger partial charge in [0.25, 0.3) is 0 Å². The maximum atomic E-state index is 14.9. The van der Waals surface area contributed by atoms with Gasteiger partial charge in [-0.2, -0.15) is 0 Å². The van der Waals surface area contributed by atoms with E-state index in [4.69, 9.17) is 0 Å². The molecule has 3 aromatic rings. The molecule has 176 valence electrons. The minimum atomic E-state index is -0.885. The third kappa shape index (κ3) is 5.59. The van der Waals surface area contributed by atoms with Crippen LogP contribution in [0.3, 0.4) is 0 Å². The first kappa shape index (κ1) is 23.8. The van der Waals surface area contributed by atoms with Gasteiger partial charge in [-0.1, -0.05) is 56.9 Å². The molecule has 1 saturated carbocycles. The summed E-state index contributed by atoms with van der Waals surface area (Å²) in [7, 11) is 0. The van der Waals surface area contributed by atoms with Crippen molar-refractivity contribution in [2.75, 3.05) is 0 Å². The van der Waals surface area contributed by atoms with Gasteiger partial charge in [-0.3, -0.25) is 0 Å². The summed E-state index contributed by atoms with van der Waals surface area (Å²) in [6, 6.07) is 10.6. The molecule has 0 amide bonds. The summed E-state index contributed by atoms with van der Waals surface area (Å²) in [6.07, 6.45) is 10.0. The van der Waals surface area contributed by atoms with Crippen molar-refractivity contribution in [2.24, 2.45) is 5.92 Å². The van der Waals surface area contributed by atoms with Crippen molar-refractivity contribution in [3.05, 3.63) is 82.4 Å². The van der Waals surface area contributed by atoms with Gasteiger partial charge in [-0.05, 0) is 85.1 Å². The van der Waals surface area contributed by atoms with E-state index in [0.717, 1.165) is 48.8 Å². The van der Waals surface area contributed by atoms with Crippen LogP contribution in [0.5, 0.6) is 0 Å². The second-order valence-corrected chi connectivity index (χ2v) is 9.59. The highest BCUT2D eigenvalue weighted by Crippen LogP contribution is 2.38. The molecule has 0 aliphatic heterocycles. The maximum absolute atomic E-state index is 14.9. The van der Waals surface area contributed by atoms with E-state index < -0.39 is 23.3 Å². The third-order valence-electron chi connectivity index (χ3n) is 7.33. The number of aryl methyl sites for hydroxylation is 1. The first-order valence-electron chi connectivity index (χ1n) is 12.3. The summed E-state index contributed by atoms with van der Waals surface area (Å²) >= 11 is 0. The monoisotopic (exact) mass is 456 g/mol. The average Bonchev–Trinajstić information content (AvgIpc) is 2.81. The predicted octanol–water partition coefficient (Wildman–Crippen LogP) is 9.04. The van der Waals surface area contributed by atoms with Crippen molar-refractivity contribution in [3.63, 3.8) is 0 Å². The lowest BCUT2D eigenvalue weighted by molar-refractivity contribution is 0.302. The van der Waals surface area contributed by atoms with Crippen LogP contribution in [0, 0.1) is 29.2 Å². The van der Waals surface area contributed by atoms with Crippen LogP contribution < -0.4 is 0 Å². The highest BCUT2D eigenvalue weighted by molar-refractivity contribution is 5.83. The molecule has 0 N–H and O–H groups in total. The zero-order chi connectivity index (χ0) is 23.4. The minimum absolute atomic E-state index is 0.0948. The Hall–Kier alpha value is -2.36. The Labute approximate surface area is 194 Å². The Bertz CT molecular complexity index is 1070. The Morgan fingerprint density at radius 3 is 2.18 bits per heavy atom. The smallest absolute Gasteiger partial charge is 0.166 e. The van der Waals surface area contributed by atoms with Crippen LogP contribution in [0.1, 0.15) is 80.9 Å². The van der Waals surface area contributed by atoms with Gasteiger partial charge >= 0.3 is 0 Å². The maximum Gasteiger partial charge on any atom is 0.166 e. The van der Waals surface area contributed by atoms with Crippen molar-refractivity contribution in [3.8, 4) is 0 Å². The highest BCUT2D eigenvalue weighted by atomic mass is 19.2. The molecule has 4 heteroatoms. The zero-order valence-electron chi connectivity index (χ0n) is 19.3. The van der Waals surface area contributed by atoms with Crippen LogP contribution >= 0.6 is 0 Å². The molecule has 0 saturated heterocycles. The van der Waals surface area contributed by atoms with Crippen LogP contribution in [0.15, 0.2) is 42.5 Å². The normalized spacial score (nSPS) is 18.7. The first-order valence-corrected chi connectivity index (χ1v) is 12.3. The lowest BCUT2D eigenvalue weighted by Gasteiger charge is -2.29. The summed E-state index contributed by atoms with van der Waals surface area (Å²) in [5.41, 5.74) is 1.71. The van der Waals surface area contributed by atoms with Gasteiger partial charge in [-0.25, -0.2) is 17.6 Å². The van der Waals surface area contributed by atoms with Crippen molar-refractivity contribution >= 4 is 10.8 Å². The summed E-state index contributed by atoms with van der Waals surface area (Å²) in [4.78, 5) is 0. The minimum Gasteiger partial charge on any atom is -0.207 e. The van der Waals surface area contributed by atoms with E-state index in [9.17, 15) is 17.6 Å². The van der Waals surface area contributed by atoms with Crippen LogP contribution in [-0.2, 0) is 12.8 Å². The molecule has 0 aromatic heterocycles.